The lowest BCUT2D eigenvalue weighted by atomic mass is 10.2. The number of thioether (sulfide) groups is 1. The van der Waals surface area contributed by atoms with Gasteiger partial charge in [0.15, 0.2) is 5.92 Å². The molecule has 0 heterocycles. The molecule has 6 heteroatoms. The molecule has 0 fully saturated rings. The molecule has 0 saturated carbocycles. The molecule has 0 bridgehead atoms. The average Bonchev–Trinajstić information content (AvgIpc) is 2.23. The van der Waals surface area contributed by atoms with Crippen molar-refractivity contribution in [2.75, 3.05) is 5.75 Å². The lowest BCUT2D eigenvalue weighted by Gasteiger charge is -2.15. The van der Waals surface area contributed by atoms with Crippen molar-refractivity contribution >= 4 is 17.7 Å². The Morgan fingerprint density at radius 2 is 1.88 bits per heavy atom. The molecule has 0 spiro atoms. The van der Waals surface area contributed by atoms with Crippen molar-refractivity contribution < 1.29 is 23.1 Å². The van der Waals surface area contributed by atoms with E-state index >= 15 is 0 Å². The fraction of sp³-hybridized carbons (Fsp3) is 0.364. The predicted molar refractivity (Wildman–Crippen MR) is 59.8 cm³/mol. The van der Waals surface area contributed by atoms with Crippen LogP contribution < -0.4 is 0 Å². The first-order valence-electron chi connectivity index (χ1n) is 4.82. The molecule has 0 amide bonds. The van der Waals surface area contributed by atoms with E-state index in [1.165, 1.54) is 0 Å². The summed E-state index contributed by atoms with van der Waals surface area (Å²) in [7, 11) is 0. The second-order valence-corrected chi connectivity index (χ2v) is 4.46. The van der Waals surface area contributed by atoms with Gasteiger partial charge in [-0.1, -0.05) is 30.3 Å². The van der Waals surface area contributed by atoms with Gasteiger partial charge >= 0.3 is 12.1 Å². The van der Waals surface area contributed by atoms with Gasteiger partial charge in [-0.15, -0.1) is 0 Å². The minimum absolute atomic E-state index is 0.376. The van der Waals surface area contributed by atoms with Crippen LogP contribution in [0, 0.1) is 5.92 Å². The summed E-state index contributed by atoms with van der Waals surface area (Å²) in [5.41, 5.74) is 0.879. The summed E-state index contributed by atoms with van der Waals surface area (Å²) in [6, 6.07) is 8.96. The van der Waals surface area contributed by atoms with E-state index in [0.29, 0.717) is 5.75 Å². The van der Waals surface area contributed by atoms with Crippen molar-refractivity contribution in [3.63, 3.8) is 0 Å². The first-order valence-corrected chi connectivity index (χ1v) is 5.98. The molecule has 1 rings (SSSR count). The summed E-state index contributed by atoms with van der Waals surface area (Å²) >= 11 is 0.969. The first-order chi connectivity index (χ1) is 7.91. The maximum absolute atomic E-state index is 12.3. The molecule has 0 radical (unpaired) electrons. The Labute approximate surface area is 101 Å². The number of carboxylic acid groups (broad SMARTS) is 1. The minimum Gasteiger partial charge on any atom is -0.481 e. The van der Waals surface area contributed by atoms with Gasteiger partial charge in [-0.3, -0.25) is 4.79 Å². The molecule has 1 aromatic rings. The zero-order chi connectivity index (χ0) is 12.9. The second-order valence-electron chi connectivity index (χ2n) is 3.43. The topological polar surface area (TPSA) is 37.3 Å². The van der Waals surface area contributed by atoms with Crippen LogP contribution in [-0.4, -0.2) is 23.0 Å². The number of carbonyl (C=O) groups is 1. The van der Waals surface area contributed by atoms with E-state index in [1.807, 2.05) is 6.07 Å². The average molecular weight is 264 g/mol. The van der Waals surface area contributed by atoms with Crippen LogP contribution in [0.15, 0.2) is 30.3 Å². The number of hydrogen-bond donors (Lipinski definition) is 1. The van der Waals surface area contributed by atoms with Crippen molar-refractivity contribution in [2.45, 2.75) is 11.9 Å². The molecule has 0 aromatic heterocycles. The van der Waals surface area contributed by atoms with Gasteiger partial charge in [-0.05, 0) is 5.56 Å². The molecule has 2 nitrogen and oxygen atoms in total. The largest absolute Gasteiger partial charge is 0.481 e. The summed E-state index contributed by atoms with van der Waals surface area (Å²) in [6.45, 7) is 0. The van der Waals surface area contributed by atoms with E-state index in [4.69, 9.17) is 5.11 Å². The molecule has 0 aliphatic rings. The summed E-state index contributed by atoms with van der Waals surface area (Å²) in [4.78, 5) is 10.5. The standard InChI is InChI=1S/C11H11F3O2S/c12-11(13,14)9(10(15)16)7-17-6-8-4-2-1-3-5-8/h1-5,9H,6-7H2,(H,15,16)/t9-/m1/s1. The van der Waals surface area contributed by atoms with Crippen LogP contribution in [0.2, 0.25) is 0 Å². The first kappa shape index (κ1) is 13.9. The number of carboxylic acids is 1. The number of hydrogen-bond acceptors (Lipinski definition) is 2. The minimum atomic E-state index is -4.68. The number of benzene rings is 1. The molecule has 0 aliphatic heterocycles. The van der Waals surface area contributed by atoms with Gasteiger partial charge in [0.1, 0.15) is 0 Å². The van der Waals surface area contributed by atoms with Gasteiger partial charge in [-0.25, -0.2) is 0 Å². The maximum atomic E-state index is 12.3. The fourth-order valence-electron chi connectivity index (χ4n) is 1.17. The molecule has 0 unspecified atom stereocenters. The molecular formula is C11H11F3O2S. The molecule has 0 aliphatic carbocycles. The number of alkyl halides is 3. The highest BCUT2D eigenvalue weighted by molar-refractivity contribution is 7.98. The quantitative estimate of drug-likeness (QED) is 0.887. The molecule has 17 heavy (non-hydrogen) atoms. The van der Waals surface area contributed by atoms with Crippen LogP contribution in [-0.2, 0) is 10.5 Å². The van der Waals surface area contributed by atoms with Crippen LogP contribution in [0.3, 0.4) is 0 Å². The highest BCUT2D eigenvalue weighted by Gasteiger charge is 2.44. The SMILES string of the molecule is O=C(O)[C@@H](CSCc1ccccc1)C(F)(F)F. The van der Waals surface area contributed by atoms with Crippen molar-refractivity contribution in [1.29, 1.82) is 0 Å². The number of aliphatic carboxylic acids is 1. The Balaban J connectivity index is 2.46. The molecule has 0 saturated heterocycles. The van der Waals surface area contributed by atoms with E-state index in [9.17, 15) is 18.0 Å². The Morgan fingerprint density at radius 1 is 1.29 bits per heavy atom. The molecule has 94 valence electrons. The highest BCUT2D eigenvalue weighted by Crippen LogP contribution is 2.30. The van der Waals surface area contributed by atoms with Crippen LogP contribution in [0.25, 0.3) is 0 Å². The molecule has 1 aromatic carbocycles. The zero-order valence-electron chi connectivity index (χ0n) is 8.78. The smallest absolute Gasteiger partial charge is 0.403 e. The second kappa shape index (κ2) is 5.95. The Kier molecular flexibility index (Phi) is 4.86. The van der Waals surface area contributed by atoms with Crippen molar-refractivity contribution in [3.8, 4) is 0 Å². The van der Waals surface area contributed by atoms with E-state index in [0.717, 1.165) is 17.3 Å². The van der Waals surface area contributed by atoms with Gasteiger partial charge in [0.25, 0.3) is 0 Å². The van der Waals surface area contributed by atoms with E-state index in [-0.39, 0.29) is 0 Å². The van der Waals surface area contributed by atoms with Gasteiger partial charge < -0.3 is 5.11 Å². The Hall–Kier alpha value is -1.17. The highest BCUT2D eigenvalue weighted by atomic mass is 32.2. The van der Waals surface area contributed by atoms with Gasteiger partial charge in [0.2, 0.25) is 0 Å². The van der Waals surface area contributed by atoms with Crippen LogP contribution in [0.1, 0.15) is 5.56 Å². The van der Waals surface area contributed by atoms with Crippen molar-refractivity contribution in [1.82, 2.24) is 0 Å². The zero-order valence-corrected chi connectivity index (χ0v) is 9.59. The summed E-state index contributed by atoms with van der Waals surface area (Å²) in [6.07, 6.45) is -4.68. The summed E-state index contributed by atoms with van der Waals surface area (Å²) < 4.78 is 36.9. The third kappa shape index (κ3) is 4.68. The van der Waals surface area contributed by atoms with Crippen LogP contribution in [0.5, 0.6) is 0 Å². The molecule has 1 atom stereocenters. The summed E-state index contributed by atoms with van der Waals surface area (Å²) in [5.74, 6) is -4.21. The maximum Gasteiger partial charge on any atom is 0.403 e. The fourth-order valence-corrected chi connectivity index (χ4v) is 2.29. The van der Waals surface area contributed by atoms with Crippen LogP contribution >= 0.6 is 11.8 Å². The monoisotopic (exact) mass is 264 g/mol. The summed E-state index contributed by atoms with van der Waals surface area (Å²) in [5, 5.41) is 8.47. The number of halogens is 3. The predicted octanol–water partition coefficient (Wildman–Crippen LogP) is 3.18. The Morgan fingerprint density at radius 3 is 2.35 bits per heavy atom. The number of rotatable bonds is 5. The molecular weight excluding hydrogens is 253 g/mol. The van der Waals surface area contributed by atoms with E-state index in [2.05, 4.69) is 0 Å². The van der Waals surface area contributed by atoms with Crippen LogP contribution in [0.4, 0.5) is 13.2 Å². The van der Waals surface area contributed by atoms with Gasteiger partial charge in [0, 0.05) is 11.5 Å². The lowest BCUT2D eigenvalue weighted by molar-refractivity contribution is -0.188. The van der Waals surface area contributed by atoms with E-state index in [1.54, 1.807) is 24.3 Å². The molecule has 1 N–H and O–H groups in total. The third-order valence-corrected chi connectivity index (χ3v) is 3.20. The Bertz CT molecular complexity index is 365. The lowest BCUT2D eigenvalue weighted by Crippen LogP contribution is -2.32. The van der Waals surface area contributed by atoms with Gasteiger partial charge in [0.05, 0.1) is 0 Å². The van der Waals surface area contributed by atoms with Crippen molar-refractivity contribution in [3.05, 3.63) is 35.9 Å². The van der Waals surface area contributed by atoms with Crippen molar-refractivity contribution in [2.24, 2.45) is 5.92 Å². The third-order valence-electron chi connectivity index (χ3n) is 2.09. The van der Waals surface area contributed by atoms with Gasteiger partial charge in [-0.2, -0.15) is 24.9 Å². The van der Waals surface area contributed by atoms with E-state index < -0.39 is 23.8 Å². The normalized spacial score (nSPS) is 13.4.